The van der Waals surface area contributed by atoms with E-state index in [1.165, 1.54) is 0 Å². The van der Waals surface area contributed by atoms with E-state index in [0.29, 0.717) is 5.92 Å². The van der Waals surface area contributed by atoms with Crippen LogP contribution in [0.3, 0.4) is 0 Å². The third kappa shape index (κ3) is 5.78. The van der Waals surface area contributed by atoms with Crippen LogP contribution < -0.4 is 10.6 Å². The first-order chi connectivity index (χ1) is 9.97. The van der Waals surface area contributed by atoms with Crippen molar-refractivity contribution in [2.75, 3.05) is 11.9 Å². The van der Waals surface area contributed by atoms with Crippen LogP contribution in [0.2, 0.25) is 0 Å². The van der Waals surface area contributed by atoms with Crippen LogP contribution in [0.5, 0.6) is 0 Å². The summed E-state index contributed by atoms with van der Waals surface area (Å²) in [6.07, 6.45) is 3.21. The first-order valence-electron chi connectivity index (χ1n) is 8.13. The van der Waals surface area contributed by atoms with E-state index in [1.807, 2.05) is 25.1 Å². The van der Waals surface area contributed by atoms with Crippen molar-refractivity contribution in [3.63, 3.8) is 0 Å². The number of carbonyl (C=O) groups is 1. The van der Waals surface area contributed by atoms with Crippen molar-refractivity contribution in [1.29, 1.82) is 0 Å². The van der Waals surface area contributed by atoms with Crippen molar-refractivity contribution in [2.24, 2.45) is 5.92 Å². The van der Waals surface area contributed by atoms with Crippen LogP contribution >= 0.6 is 0 Å². The SMILES string of the molecule is CCCNc1ccc(C)cc1C(=O)NC(C)CC(C)CC. The summed E-state index contributed by atoms with van der Waals surface area (Å²) >= 11 is 0. The molecule has 1 rings (SSSR count). The summed E-state index contributed by atoms with van der Waals surface area (Å²) in [6, 6.07) is 6.20. The molecule has 3 nitrogen and oxygen atoms in total. The first-order valence-corrected chi connectivity index (χ1v) is 8.13. The second kappa shape index (κ2) is 8.71. The number of anilines is 1. The average Bonchev–Trinajstić information content (AvgIpc) is 2.45. The van der Waals surface area contributed by atoms with E-state index in [-0.39, 0.29) is 11.9 Å². The molecular weight excluding hydrogens is 260 g/mol. The highest BCUT2D eigenvalue weighted by Crippen LogP contribution is 2.18. The predicted molar refractivity (Wildman–Crippen MR) is 91.0 cm³/mol. The molecule has 2 N–H and O–H groups in total. The highest BCUT2D eigenvalue weighted by atomic mass is 16.1. The summed E-state index contributed by atoms with van der Waals surface area (Å²) in [5.74, 6) is 0.656. The van der Waals surface area contributed by atoms with Gasteiger partial charge in [-0.2, -0.15) is 0 Å². The van der Waals surface area contributed by atoms with Gasteiger partial charge in [0.05, 0.1) is 5.56 Å². The van der Waals surface area contributed by atoms with Crippen molar-refractivity contribution in [2.45, 2.75) is 59.9 Å². The van der Waals surface area contributed by atoms with Gasteiger partial charge >= 0.3 is 0 Å². The maximum atomic E-state index is 12.5. The fraction of sp³-hybridized carbons (Fsp3) is 0.611. The maximum absolute atomic E-state index is 12.5. The Hall–Kier alpha value is -1.51. The zero-order valence-electron chi connectivity index (χ0n) is 14.1. The number of carbonyl (C=O) groups excluding carboxylic acids is 1. The Morgan fingerprint density at radius 1 is 1.24 bits per heavy atom. The smallest absolute Gasteiger partial charge is 0.253 e. The highest BCUT2D eigenvalue weighted by molar-refractivity contribution is 6.00. The fourth-order valence-electron chi connectivity index (χ4n) is 2.39. The lowest BCUT2D eigenvalue weighted by Crippen LogP contribution is -2.34. The van der Waals surface area contributed by atoms with Gasteiger partial charge in [-0.25, -0.2) is 0 Å². The lowest BCUT2D eigenvalue weighted by molar-refractivity contribution is 0.0936. The van der Waals surface area contributed by atoms with Gasteiger partial charge in [-0.05, 0) is 44.7 Å². The second-order valence-electron chi connectivity index (χ2n) is 6.10. The molecule has 1 amide bonds. The predicted octanol–water partition coefficient (Wildman–Crippen LogP) is 4.37. The van der Waals surface area contributed by atoms with Crippen LogP contribution in [0.15, 0.2) is 18.2 Å². The van der Waals surface area contributed by atoms with E-state index < -0.39 is 0 Å². The van der Waals surface area contributed by atoms with Crippen molar-refractivity contribution < 1.29 is 4.79 Å². The summed E-state index contributed by atoms with van der Waals surface area (Å²) < 4.78 is 0. The Morgan fingerprint density at radius 3 is 2.57 bits per heavy atom. The molecule has 0 aliphatic heterocycles. The molecule has 3 heteroatoms. The molecule has 0 heterocycles. The molecule has 0 bridgehead atoms. The zero-order chi connectivity index (χ0) is 15.8. The summed E-state index contributed by atoms with van der Waals surface area (Å²) in [5.41, 5.74) is 2.78. The summed E-state index contributed by atoms with van der Waals surface area (Å²) in [6.45, 7) is 11.5. The minimum Gasteiger partial charge on any atom is -0.384 e. The Labute approximate surface area is 129 Å². The minimum absolute atomic E-state index is 0.0214. The minimum atomic E-state index is 0.0214. The van der Waals surface area contributed by atoms with Crippen molar-refractivity contribution in [1.82, 2.24) is 5.32 Å². The monoisotopic (exact) mass is 290 g/mol. The molecule has 0 aliphatic carbocycles. The van der Waals surface area contributed by atoms with Gasteiger partial charge < -0.3 is 10.6 Å². The van der Waals surface area contributed by atoms with Gasteiger partial charge in [-0.3, -0.25) is 4.79 Å². The van der Waals surface area contributed by atoms with Crippen LogP contribution in [-0.4, -0.2) is 18.5 Å². The van der Waals surface area contributed by atoms with Crippen LogP contribution in [0.1, 0.15) is 62.9 Å². The molecule has 0 saturated heterocycles. The topological polar surface area (TPSA) is 41.1 Å². The molecule has 2 unspecified atom stereocenters. The van der Waals surface area contributed by atoms with Crippen LogP contribution in [0.4, 0.5) is 5.69 Å². The standard InChI is InChI=1S/C18H30N2O/c1-6-10-19-17-9-8-14(4)12-16(17)18(21)20-15(5)11-13(3)7-2/h8-9,12-13,15,19H,6-7,10-11H2,1-5H3,(H,20,21). The van der Waals surface area contributed by atoms with Crippen molar-refractivity contribution in [3.8, 4) is 0 Å². The van der Waals surface area contributed by atoms with Crippen LogP contribution in [-0.2, 0) is 0 Å². The van der Waals surface area contributed by atoms with Crippen molar-refractivity contribution in [3.05, 3.63) is 29.3 Å². The Morgan fingerprint density at radius 2 is 1.95 bits per heavy atom. The molecule has 1 aromatic carbocycles. The molecule has 0 spiro atoms. The number of nitrogens with one attached hydrogen (secondary N) is 2. The van der Waals surface area contributed by atoms with Crippen molar-refractivity contribution >= 4 is 11.6 Å². The van der Waals surface area contributed by atoms with Gasteiger partial charge in [0, 0.05) is 18.3 Å². The molecule has 0 aromatic heterocycles. The molecular formula is C18H30N2O. The van der Waals surface area contributed by atoms with E-state index in [9.17, 15) is 4.79 Å². The van der Waals surface area contributed by atoms with Gasteiger partial charge in [-0.15, -0.1) is 0 Å². The maximum Gasteiger partial charge on any atom is 0.253 e. The molecule has 118 valence electrons. The number of amides is 1. The number of hydrogen-bond donors (Lipinski definition) is 2. The van der Waals surface area contributed by atoms with E-state index in [1.54, 1.807) is 0 Å². The lowest BCUT2D eigenvalue weighted by atomic mass is 10.00. The molecule has 2 atom stereocenters. The third-order valence-electron chi connectivity index (χ3n) is 3.82. The fourth-order valence-corrected chi connectivity index (χ4v) is 2.39. The van der Waals surface area contributed by atoms with E-state index in [4.69, 9.17) is 0 Å². The summed E-state index contributed by atoms with van der Waals surface area (Å²) in [5, 5.41) is 6.46. The average molecular weight is 290 g/mol. The lowest BCUT2D eigenvalue weighted by Gasteiger charge is -2.19. The van der Waals surface area contributed by atoms with Crippen LogP contribution in [0, 0.1) is 12.8 Å². The van der Waals surface area contributed by atoms with E-state index in [0.717, 1.165) is 42.6 Å². The van der Waals surface area contributed by atoms with Crippen LogP contribution in [0.25, 0.3) is 0 Å². The first kappa shape index (κ1) is 17.5. The van der Waals surface area contributed by atoms with Gasteiger partial charge in [0.1, 0.15) is 0 Å². The molecule has 0 saturated carbocycles. The Balaban J connectivity index is 2.78. The normalized spacial score (nSPS) is 13.6. The Kier molecular flexibility index (Phi) is 7.27. The zero-order valence-corrected chi connectivity index (χ0v) is 14.1. The Bertz CT molecular complexity index is 457. The summed E-state index contributed by atoms with van der Waals surface area (Å²) in [7, 11) is 0. The molecule has 0 radical (unpaired) electrons. The molecule has 21 heavy (non-hydrogen) atoms. The highest BCUT2D eigenvalue weighted by Gasteiger charge is 2.15. The number of aryl methyl sites for hydroxylation is 1. The van der Waals surface area contributed by atoms with Gasteiger partial charge in [0.15, 0.2) is 0 Å². The number of benzene rings is 1. The largest absolute Gasteiger partial charge is 0.384 e. The third-order valence-corrected chi connectivity index (χ3v) is 3.82. The molecule has 0 aliphatic rings. The van der Waals surface area contributed by atoms with Gasteiger partial charge in [-0.1, -0.05) is 38.8 Å². The van der Waals surface area contributed by atoms with Gasteiger partial charge in [0.25, 0.3) is 5.91 Å². The van der Waals surface area contributed by atoms with E-state index in [2.05, 4.69) is 38.3 Å². The quantitative estimate of drug-likeness (QED) is 0.746. The summed E-state index contributed by atoms with van der Waals surface area (Å²) in [4.78, 5) is 12.5. The molecule has 0 fully saturated rings. The molecule has 1 aromatic rings. The number of hydrogen-bond acceptors (Lipinski definition) is 2. The number of rotatable bonds is 8. The van der Waals surface area contributed by atoms with Gasteiger partial charge in [0.2, 0.25) is 0 Å². The van der Waals surface area contributed by atoms with E-state index >= 15 is 0 Å². The second-order valence-corrected chi connectivity index (χ2v) is 6.10.